The van der Waals surface area contributed by atoms with Crippen molar-refractivity contribution < 1.29 is 14.2 Å². The fraction of sp³-hybridized carbons (Fsp3) is 0.143. The fourth-order valence-corrected chi connectivity index (χ4v) is 2.42. The Hall–Kier alpha value is -2.98. The average Bonchev–Trinajstić information content (AvgIpc) is 2.64. The van der Waals surface area contributed by atoms with E-state index in [0.29, 0.717) is 30.4 Å². The van der Waals surface area contributed by atoms with E-state index in [9.17, 15) is 0 Å². The highest BCUT2D eigenvalue weighted by Gasteiger charge is 2.04. The van der Waals surface area contributed by atoms with Gasteiger partial charge in [-0.3, -0.25) is 0 Å². The number of hydrogen-bond donors (Lipinski definition) is 1. The SMILES string of the molecule is COCc1ccc(Oc2ccc(OCc3ccccc3)cc2)c(N)c1. The van der Waals surface area contributed by atoms with Gasteiger partial charge in [-0.25, -0.2) is 0 Å². The molecule has 0 spiro atoms. The van der Waals surface area contributed by atoms with Crippen molar-refractivity contribution in [3.05, 3.63) is 83.9 Å². The Morgan fingerprint density at radius 2 is 1.48 bits per heavy atom. The Morgan fingerprint density at radius 1 is 0.760 bits per heavy atom. The van der Waals surface area contributed by atoms with E-state index in [1.54, 1.807) is 7.11 Å². The first-order valence-electron chi connectivity index (χ1n) is 8.06. The first kappa shape index (κ1) is 16.9. The van der Waals surface area contributed by atoms with E-state index in [0.717, 1.165) is 16.9 Å². The maximum Gasteiger partial charge on any atom is 0.150 e. The highest BCUT2D eigenvalue weighted by atomic mass is 16.5. The number of rotatable bonds is 7. The molecule has 0 radical (unpaired) electrons. The van der Waals surface area contributed by atoms with Gasteiger partial charge >= 0.3 is 0 Å². The first-order valence-corrected chi connectivity index (χ1v) is 8.06. The van der Waals surface area contributed by atoms with Crippen LogP contribution in [0, 0.1) is 0 Å². The minimum absolute atomic E-state index is 0.526. The van der Waals surface area contributed by atoms with Gasteiger partial charge in [-0.15, -0.1) is 0 Å². The Kier molecular flexibility index (Phi) is 5.54. The second kappa shape index (κ2) is 8.22. The van der Waals surface area contributed by atoms with E-state index in [4.69, 9.17) is 19.9 Å². The molecule has 0 saturated heterocycles. The molecule has 0 aliphatic rings. The highest BCUT2D eigenvalue weighted by molar-refractivity contribution is 5.55. The quantitative estimate of drug-likeness (QED) is 0.631. The van der Waals surface area contributed by atoms with Crippen LogP contribution in [0.1, 0.15) is 11.1 Å². The molecule has 3 aromatic rings. The van der Waals surface area contributed by atoms with Crippen molar-refractivity contribution in [3.8, 4) is 17.2 Å². The number of ether oxygens (including phenoxy) is 3. The molecule has 0 fully saturated rings. The molecule has 4 heteroatoms. The van der Waals surface area contributed by atoms with E-state index in [1.165, 1.54) is 0 Å². The Bertz CT molecular complexity index is 801. The summed E-state index contributed by atoms with van der Waals surface area (Å²) >= 11 is 0. The Morgan fingerprint density at radius 3 is 2.16 bits per heavy atom. The molecule has 0 atom stereocenters. The molecule has 2 N–H and O–H groups in total. The highest BCUT2D eigenvalue weighted by Crippen LogP contribution is 2.29. The van der Waals surface area contributed by atoms with Gasteiger partial charge in [-0.1, -0.05) is 36.4 Å². The van der Waals surface area contributed by atoms with Crippen molar-refractivity contribution in [3.63, 3.8) is 0 Å². The van der Waals surface area contributed by atoms with Crippen molar-refractivity contribution in [2.45, 2.75) is 13.2 Å². The Labute approximate surface area is 147 Å². The molecule has 0 saturated carbocycles. The normalized spacial score (nSPS) is 10.4. The topological polar surface area (TPSA) is 53.7 Å². The molecule has 0 heterocycles. The van der Waals surface area contributed by atoms with Crippen molar-refractivity contribution in [2.24, 2.45) is 0 Å². The minimum Gasteiger partial charge on any atom is -0.489 e. The zero-order valence-electron chi connectivity index (χ0n) is 14.1. The lowest BCUT2D eigenvalue weighted by molar-refractivity contribution is 0.185. The third-order valence-electron chi connectivity index (χ3n) is 3.69. The number of nitrogens with two attached hydrogens (primary N) is 1. The minimum atomic E-state index is 0.526. The molecule has 0 aliphatic heterocycles. The molecule has 3 rings (SSSR count). The van der Waals surface area contributed by atoms with E-state index in [-0.39, 0.29) is 0 Å². The molecule has 3 aromatic carbocycles. The zero-order chi connectivity index (χ0) is 17.5. The molecule has 0 aliphatic carbocycles. The summed E-state index contributed by atoms with van der Waals surface area (Å²) in [6.07, 6.45) is 0. The largest absolute Gasteiger partial charge is 0.489 e. The number of methoxy groups -OCH3 is 1. The lowest BCUT2D eigenvalue weighted by Crippen LogP contribution is -1.96. The van der Waals surface area contributed by atoms with Gasteiger partial charge in [0.15, 0.2) is 0 Å². The molecular weight excluding hydrogens is 314 g/mol. The van der Waals surface area contributed by atoms with Gasteiger partial charge in [-0.2, -0.15) is 0 Å². The van der Waals surface area contributed by atoms with Crippen LogP contribution < -0.4 is 15.2 Å². The summed E-state index contributed by atoms with van der Waals surface area (Å²) in [5.74, 6) is 2.12. The maximum atomic E-state index is 6.04. The maximum absolute atomic E-state index is 6.04. The summed E-state index contributed by atoms with van der Waals surface area (Å²) in [5, 5.41) is 0. The van der Waals surface area contributed by atoms with Gasteiger partial charge in [0.1, 0.15) is 23.9 Å². The molecule has 25 heavy (non-hydrogen) atoms. The molecule has 0 amide bonds. The van der Waals surface area contributed by atoms with Gasteiger partial charge in [0.2, 0.25) is 0 Å². The number of benzene rings is 3. The molecule has 128 valence electrons. The second-order valence-corrected chi connectivity index (χ2v) is 5.65. The molecular formula is C21H21NO3. The van der Waals surface area contributed by atoms with Crippen LogP contribution in [0.3, 0.4) is 0 Å². The lowest BCUT2D eigenvalue weighted by Gasteiger charge is -2.11. The van der Waals surface area contributed by atoms with Crippen molar-refractivity contribution >= 4 is 5.69 Å². The van der Waals surface area contributed by atoms with Gasteiger partial charge in [0.25, 0.3) is 0 Å². The van der Waals surface area contributed by atoms with Gasteiger partial charge in [0, 0.05) is 7.11 Å². The molecule has 0 bridgehead atoms. The summed E-state index contributed by atoms with van der Waals surface area (Å²) in [5.41, 5.74) is 8.76. The summed E-state index contributed by atoms with van der Waals surface area (Å²) in [7, 11) is 1.65. The standard InChI is InChI=1S/C21H21NO3/c1-23-14-17-7-12-21(20(22)13-17)25-19-10-8-18(9-11-19)24-15-16-5-3-2-4-6-16/h2-13H,14-15,22H2,1H3. The van der Waals surface area contributed by atoms with E-state index >= 15 is 0 Å². The van der Waals surface area contributed by atoms with Crippen LogP contribution in [0.2, 0.25) is 0 Å². The first-order chi connectivity index (χ1) is 12.2. The van der Waals surface area contributed by atoms with Crippen LogP contribution in [0.5, 0.6) is 17.2 Å². The van der Waals surface area contributed by atoms with Crippen molar-refractivity contribution in [1.82, 2.24) is 0 Å². The van der Waals surface area contributed by atoms with Gasteiger partial charge in [-0.05, 0) is 47.5 Å². The Balaban J connectivity index is 1.61. The van der Waals surface area contributed by atoms with Gasteiger partial charge < -0.3 is 19.9 Å². The molecule has 4 nitrogen and oxygen atoms in total. The summed E-state index contributed by atoms with van der Waals surface area (Å²) in [6.45, 7) is 1.06. The van der Waals surface area contributed by atoms with E-state index in [2.05, 4.69) is 0 Å². The van der Waals surface area contributed by atoms with Crippen LogP contribution in [-0.4, -0.2) is 7.11 Å². The van der Waals surface area contributed by atoms with Crippen LogP contribution in [-0.2, 0) is 18.0 Å². The average molecular weight is 335 g/mol. The predicted octanol–water partition coefficient (Wildman–Crippen LogP) is 4.79. The van der Waals surface area contributed by atoms with Crippen LogP contribution >= 0.6 is 0 Å². The number of anilines is 1. The third-order valence-corrected chi connectivity index (χ3v) is 3.69. The van der Waals surface area contributed by atoms with E-state index < -0.39 is 0 Å². The zero-order valence-corrected chi connectivity index (χ0v) is 14.1. The summed E-state index contributed by atoms with van der Waals surface area (Å²) in [4.78, 5) is 0. The number of hydrogen-bond acceptors (Lipinski definition) is 4. The van der Waals surface area contributed by atoms with Crippen LogP contribution in [0.15, 0.2) is 72.8 Å². The second-order valence-electron chi connectivity index (χ2n) is 5.65. The summed E-state index contributed by atoms with van der Waals surface area (Å²) < 4.78 is 16.7. The van der Waals surface area contributed by atoms with Crippen molar-refractivity contribution in [1.29, 1.82) is 0 Å². The number of nitrogen functional groups attached to an aromatic ring is 1. The lowest BCUT2D eigenvalue weighted by atomic mass is 10.2. The van der Waals surface area contributed by atoms with Crippen LogP contribution in [0.25, 0.3) is 0 Å². The molecule has 0 unspecified atom stereocenters. The predicted molar refractivity (Wildman–Crippen MR) is 98.9 cm³/mol. The van der Waals surface area contributed by atoms with Crippen molar-refractivity contribution in [2.75, 3.05) is 12.8 Å². The van der Waals surface area contributed by atoms with Gasteiger partial charge in [0.05, 0.1) is 12.3 Å². The fourth-order valence-electron chi connectivity index (χ4n) is 2.42. The molecule has 0 aromatic heterocycles. The third kappa shape index (κ3) is 4.75. The van der Waals surface area contributed by atoms with E-state index in [1.807, 2.05) is 72.8 Å². The smallest absolute Gasteiger partial charge is 0.150 e. The van der Waals surface area contributed by atoms with Crippen LogP contribution in [0.4, 0.5) is 5.69 Å². The summed E-state index contributed by atoms with van der Waals surface area (Å²) in [6, 6.07) is 23.2. The monoisotopic (exact) mass is 335 g/mol.